The fraction of sp³-hybridized carbons (Fsp3) is 0.368. The minimum atomic E-state index is -1.04. The summed E-state index contributed by atoms with van der Waals surface area (Å²) in [7, 11) is 0. The Balaban J connectivity index is 1.60. The number of likely N-dealkylation sites (tertiary alicyclic amines) is 1. The largest absolute Gasteiger partial charge is 0.476 e. The molecule has 3 N–H and O–H groups in total. The number of carbonyl (C=O) groups excluding carboxylic acids is 1. The molecule has 1 amide bonds. The van der Waals surface area contributed by atoms with E-state index in [1.807, 2.05) is 29.2 Å². The Morgan fingerprint density at radius 1 is 1.46 bits per heavy atom. The molecule has 1 fully saturated rings. The Kier molecular flexibility index (Phi) is 6.67. The summed E-state index contributed by atoms with van der Waals surface area (Å²) in [5.41, 5.74) is 8.39. The normalized spacial score (nSPS) is 17.5. The number of carboxylic acid groups (broad SMARTS) is 1. The molecule has 1 aliphatic rings. The molecule has 2 aromatic rings. The molecule has 1 unspecified atom stereocenters. The highest BCUT2D eigenvalue weighted by molar-refractivity contribution is 8.01. The third-order valence-corrected chi connectivity index (χ3v) is 6.70. The Bertz CT molecular complexity index is 891. The van der Waals surface area contributed by atoms with Gasteiger partial charge in [0.15, 0.2) is 10.0 Å². The van der Waals surface area contributed by atoms with Crippen LogP contribution in [0.15, 0.2) is 34.0 Å². The van der Waals surface area contributed by atoms with Crippen LogP contribution in [0.1, 0.15) is 40.5 Å². The second-order valence-electron chi connectivity index (χ2n) is 6.45. The van der Waals surface area contributed by atoms with E-state index in [9.17, 15) is 9.59 Å². The smallest absolute Gasteiger partial charge is 0.355 e. The lowest BCUT2D eigenvalue weighted by Gasteiger charge is -2.29. The van der Waals surface area contributed by atoms with Crippen LogP contribution in [0.5, 0.6) is 0 Å². The molecule has 7 nitrogen and oxygen atoms in total. The molecule has 0 bridgehead atoms. The number of amides is 1. The van der Waals surface area contributed by atoms with Crippen molar-refractivity contribution in [2.24, 2.45) is 5.73 Å². The number of aromatic nitrogens is 1. The summed E-state index contributed by atoms with van der Waals surface area (Å²) in [6.45, 7) is 0.538. The van der Waals surface area contributed by atoms with Crippen LogP contribution in [-0.4, -0.2) is 45.2 Å². The number of rotatable bonds is 8. The van der Waals surface area contributed by atoms with Crippen LogP contribution in [0.2, 0.25) is 0 Å². The van der Waals surface area contributed by atoms with Gasteiger partial charge >= 0.3 is 5.97 Å². The number of nitriles is 1. The van der Waals surface area contributed by atoms with Gasteiger partial charge in [-0.15, -0.1) is 11.3 Å². The van der Waals surface area contributed by atoms with Gasteiger partial charge in [0.1, 0.15) is 0 Å². The van der Waals surface area contributed by atoms with E-state index >= 15 is 0 Å². The molecule has 28 heavy (non-hydrogen) atoms. The van der Waals surface area contributed by atoms with Crippen LogP contribution in [-0.2, 0) is 11.2 Å². The van der Waals surface area contributed by atoms with Crippen molar-refractivity contribution in [3.8, 4) is 6.07 Å². The molecule has 0 aliphatic carbocycles. The maximum atomic E-state index is 12.3. The highest BCUT2D eigenvalue weighted by atomic mass is 32.2. The van der Waals surface area contributed by atoms with E-state index < -0.39 is 5.97 Å². The first-order valence-corrected chi connectivity index (χ1v) is 10.7. The summed E-state index contributed by atoms with van der Waals surface area (Å²) < 4.78 is 0.679. The van der Waals surface area contributed by atoms with E-state index in [-0.39, 0.29) is 23.7 Å². The van der Waals surface area contributed by atoms with Gasteiger partial charge in [-0.25, -0.2) is 9.78 Å². The Hall–Kier alpha value is -2.41. The van der Waals surface area contributed by atoms with Crippen molar-refractivity contribution in [2.45, 2.75) is 35.7 Å². The fourth-order valence-corrected chi connectivity index (χ4v) is 5.05. The standard InChI is InChI=1S/C19H20N4O3S2/c20-8-7-12-1-3-13(4-2-12)17(21)15-5-6-16(24)23(15)9-10-27-19-22-14(11-28-19)18(25)26/h1-4,11,15,17H,5-7,9-10,21H2,(H,25,26)/t15-,17?/m1/s1. The van der Waals surface area contributed by atoms with Gasteiger partial charge in [0.25, 0.3) is 0 Å². The molecule has 2 heterocycles. The van der Waals surface area contributed by atoms with Gasteiger partial charge < -0.3 is 15.7 Å². The number of nitrogens with zero attached hydrogens (tertiary/aromatic N) is 3. The lowest BCUT2D eigenvalue weighted by Crippen LogP contribution is -2.41. The van der Waals surface area contributed by atoms with E-state index in [1.54, 1.807) is 0 Å². The lowest BCUT2D eigenvalue weighted by molar-refractivity contribution is -0.128. The van der Waals surface area contributed by atoms with Crippen LogP contribution in [0, 0.1) is 11.3 Å². The Labute approximate surface area is 171 Å². The highest BCUT2D eigenvalue weighted by Crippen LogP contribution is 2.30. The second kappa shape index (κ2) is 9.19. The average Bonchev–Trinajstić information content (AvgIpc) is 3.30. The number of thioether (sulfide) groups is 1. The van der Waals surface area contributed by atoms with Crippen molar-refractivity contribution in [3.63, 3.8) is 0 Å². The van der Waals surface area contributed by atoms with E-state index in [0.717, 1.165) is 11.1 Å². The molecule has 9 heteroatoms. The molecule has 3 rings (SSSR count). The maximum Gasteiger partial charge on any atom is 0.355 e. The minimum Gasteiger partial charge on any atom is -0.476 e. The van der Waals surface area contributed by atoms with Gasteiger partial charge in [0, 0.05) is 24.1 Å². The number of hydrogen-bond acceptors (Lipinski definition) is 7. The molecule has 0 spiro atoms. The van der Waals surface area contributed by atoms with Gasteiger partial charge in [-0.1, -0.05) is 36.0 Å². The third kappa shape index (κ3) is 4.70. The molecule has 1 aromatic carbocycles. The van der Waals surface area contributed by atoms with E-state index in [0.29, 0.717) is 35.9 Å². The summed E-state index contributed by atoms with van der Waals surface area (Å²) in [5, 5.41) is 19.2. The third-order valence-electron chi connectivity index (χ3n) is 4.70. The number of carboxylic acids is 1. The summed E-state index contributed by atoms with van der Waals surface area (Å²) >= 11 is 2.73. The molecule has 0 saturated carbocycles. The number of benzene rings is 1. The van der Waals surface area contributed by atoms with Crippen molar-refractivity contribution in [2.75, 3.05) is 12.3 Å². The summed E-state index contributed by atoms with van der Waals surface area (Å²) in [6, 6.07) is 9.42. The summed E-state index contributed by atoms with van der Waals surface area (Å²) in [4.78, 5) is 29.1. The molecule has 1 aliphatic heterocycles. The van der Waals surface area contributed by atoms with E-state index in [1.165, 1.54) is 28.5 Å². The Morgan fingerprint density at radius 2 is 2.21 bits per heavy atom. The second-order valence-corrected chi connectivity index (χ2v) is 8.65. The maximum absolute atomic E-state index is 12.3. The van der Waals surface area contributed by atoms with Gasteiger partial charge in [0.2, 0.25) is 5.91 Å². The first-order valence-electron chi connectivity index (χ1n) is 8.82. The van der Waals surface area contributed by atoms with Crippen LogP contribution in [0.25, 0.3) is 0 Å². The van der Waals surface area contributed by atoms with E-state index in [2.05, 4.69) is 11.1 Å². The molecule has 146 valence electrons. The van der Waals surface area contributed by atoms with Crippen LogP contribution in [0.4, 0.5) is 0 Å². The summed E-state index contributed by atoms with van der Waals surface area (Å²) in [6.07, 6.45) is 1.56. The monoisotopic (exact) mass is 416 g/mol. The van der Waals surface area contributed by atoms with Gasteiger partial charge in [0.05, 0.1) is 24.6 Å². The molecular weight excluding hydrogens is 396 g/mol. The van der Waals surface area contributed by atoms with Crippen LogP contribution >= 0.6 is 23.1 Å². The van der Waals surface area contributed by atoms with Crippen molar-refractivity contribution in [1.29, 1.82) is 5.26 Å². The zero-order valence-corrected chi connectivity index (χ0v) is 16.7. The lowest BCUT2D eigenvalue weighted by atomic mass is 9.97. The Morgan fingerprint density at radius 3 is 2.86 bits per heavy atom. The van der Waals surface area contributed by atoms with Crippen molar-refractivity contribution in [1.82, 2.24) is 9.88 Å². The topological polar surface area (TPSA) is 120 Å². The van der Waals surface area contributed by atoms with Gasteiger partial charge in [-0.05, 0) is 17.5 Å². The first kappa shape index (κ1) is 20.3. The predicted molar refractivity (Wildman–Crippen MR) is 107 cm³/mol. The molecule has 2 atom stereocenters. The van der Waals surface area contributed by atoms with E-state index in [4.69, 9.17) is 16.1 Å². The SMILES string of the molecule is N#CCc1ccc(C(N)[C@H]2CCC(=O)N2CCSc2nc(C(=O)O)cs2)cc1. The highest BCUT2D eigenvalue weighted by Gasteiger charge is 2.35. The van der Waals surface area contributed by atoms with Crippen molar-refractivity contribution >= 4 is 35.0 Å². The van der Waals surface area contributed by atoms with Gasteiger partial charge in [-0.2, -0.15) is 5.26 Å². The number of nitrogens with two attached hydrogens (primary N) is 1. The first-order chi connectivity index (χ1) is 13.5. The zero-order valence-electron chi connectivity index (χ0n) is 15.1. The molecular formula is C19H20N4O3S2. The number of aromatic carboxylic acids is 1. The number of hydrogen-bond donors (Lipinski definition) is 2. The van der Waals surface area contributed by atoms with Crippen LogP contribution in [0.3, 0.4) is 0 Å². The fourth-order valence-electron chi connectivity index (χ4n) is 3.24. The zero-order chi connectivity index (χ0) is 20.1. The summed E-state index contributed by atoms with van der Waals surface area (Å²) in [5.74, 6) is -0.319. The minimum absolute atomic E-state index is 0.0458. The molecule has 0 radical (unpaired) electrons. The predicted octanol–water partition coefficient (Wildman–Crippen LogP) is 2.69. The number of thiazole rings is 1. The van der Waals surface area contributed by atoms with Crippen molar-refractivity contribution < 1.29 is 14.7 Å². The molecule has 1 saturated heterocycles. The molecule has 1 aromatic heterocycles. The van der Waals surface area contributed by atoms with Crippen molar-refractivity contribution in [3.05, 3.63) is 46.5 Å². The van der Waals surface area contributed by atoms with Crippen LogP contribution < -0.4 is 5.73 Å². The number of carbonyl (C=O) groups is 2. The average molecular weight is 417 g/mol. The van der Waals surface area contributed by atoms with Gasteiger partial charge in [-0.3, -0.25) is 4.79 Å². The quantitative estimate of drug-likeness (QED) is 0.635.